The molecule has 4 rings (SSSR count). The van der Waals surface area contributed by atoms with Crippen molar-refractivity contribution >= 4 is 50.2 Å². The maximum atomic E-state index is 12.9. The van der Waals surface area contributed by atoms with Crippen LogP contribution < -0.4 is 10.7 Å². The van der Waals surface area contributed by atoms with Gasteiger partial charge in [-0.2, -0.15) is 18.3 Å². The molecule has 0 saturated heterocycles. The van der Waals surface area contributed by atoms with Crippen LogP contribution in [0.4, 0.5) is 24.0 Å². The highest BCUT2D eigenvalue weighted by molar-refractivity contribution is 9.10. The molecule has 4 aromatic rings. The zero-order valence-electron chi connectivity index (χ0n) is 17.3. The van der Waals surface area contributed by atoms with Crippen LogP contribution in [0.2, 0.25) is 0 Å². The Hall–Kier alpha value is -3.44. The first-order valence-electron chi connectivity index (χ1n) is 9.83. The van der Waals surface area contributed by atoms with E-state index >= 15 is 0 Å². The number of amides is 1. The molecule has 11 heteroatoms. The summed E-state index contributed by atoms with van der Waals surface area (Å²) in [6.07, 6.45) is -3.08. The van der Waals surface area contributed by atoms with Gasteiger partial charge in [0.15, 0.2) is 5.13 Å². The number of halogens is 4. The van der Waals surface area contributed by atoms with Crippen molar-refractivity contribution in [2.75, 3.05) is 5.32 Å². The van der Waals surface area contributed by atoms with Gasteiger partial charge < -0.3 is 9.73 Å². The average molecular weight is 549 g/mol. The third kappa shape index (κ3) is 6.33. The van der Waals surface area contributed by atoms with Crippen molar-refractivity contribution in [1.82, 2.24) is 10.4 Å². The Morgan fingerprint density at radius 3 is 2.71 bits per heavy atom. The lowest BCUT2D eigenvalue weighted by atomic mass is 10.2. The molecule has 0 atom stereocenters. The summed E-state index contributed by atoms with van der Waals surface area (Å²) in [5.41, 5.74) is 3.27. The minimum absolute atomic E-state index is 0.0413. The summed E-state index contributed by atoms with van der Waals surface area (Å²) in [5, 5.41) is 8.74. The monoisotopic (exact) mass is 548 g/mol. The van der Waals surface area contributed by atoms with Crippen molar-refractivity contribution in [3.63, 3.8) is 0 Å². The maximum Gasteiger partial charge on any atom is 0.416 e. The number of rotatable bonds is 7. The maximum absolute atomic E-state index is 12.9. The smallest absolute Gasteiger partial charge is 0.416 e. The molecule has 0 aliphatic carbocycles. The Kier molecular flexibility index (Phi) is 7.13. The molecule has 174 valence electrons. The van der Waals surface area contributed by atoms with Crippen LogP contribution in [0.25, 0.3) is 11.3 Å². The van der Waals surface area contributed by atoms with Gasteiger partial charge in [0.2, 0.25) is 5.91 Å². The van der Waals surface area contributed by atoms with E-state index in [1.807, 2.05) is 24.3 Å². The molecule has 0 radical (unpaired) electrons. The number of furan rings is 1. The number of carbonyl (C=O) groups excluding carboxylic acids is 1. The van der Waals surface area contributed by atoms with E-state index in [0.717, 1.165) is 22.2 Å². The second kappa shape index (κ2) is 10.2. The lowest BCUT2D eigenvalue weighted by Crippen LogP contribution is -2.19. The van der Waals surface area contributed by atoms with Crippen molar-refractivity contribution in [2.24, 2.45) is 5.10 Å². The van der Waals surface area contributed by atoms with Gasteiger partial charge in [0, 0.05) is 21.1 Å². The molecule has 0 aliphatic heterocycles. The normalized spacial score (nSPS) is 11.6. The van der Waals surface area contributed by atoms with Crippen LogP contribution in [0.1, 0.15) is 17.0 Å². The minimum atomic E-state index is -4.43. The number of alkyl halides is 3. The topological polar surface area (TPSA) is 79.5 Å². The quantitative estimate of drug-likeness (QED) is 0.201. The fourth-order valence-electron chi connectivity index (χ4n) is 2.91. The second-order valence-electron chi connectivity index (χ2n) is 7.03. The molecule has 2 aromatic heterocycles. The summed E-state index contributed by atoms with van der Waals surface area (Å²) in [5.74, 6) is 0.745. The largest absolute Gasteiger partial charge is 0.455 e. The van der Waals surface area contributed by atoms with E-state index in [4.69, 9.17) is 4.42 Å². The van der Waals surface area contributed by atoms with Crippen LogP contribution in [0.3, 0.4) is 0 Å². The standard InChI is InChI=1S/C23H16BrF3N4O2S/c24-16-6-4-14(5-7-16)20-9-8-19(33-20)12-28-31-21(32)11-18-13-34-22(30-18)29-17-3-1-2-15(10-17)23(25,26)27/h1-10,12-13H,11H2,(H,29,30)(H,31,32)/b28-12-. The number of anilines is 2. The van der Waals surface area contributed by atoms with Crippen LogP contribution >= 0.6 is 27.3 Å². The van der Waals surface area contributed by atoms with Crippen molar-refractivity contribution < 1.29 is 22.4 Å². The van der Waals surface area contributed by atoms with Crippen molar-refractivity contribution in [3.05, 3.63) is 87.5 Å². The SMILES string of the molecule is O=C(Cc1csc(Nc2cccc(C(F)(F)F)c2)n1)N/N=C\c1ccc(-c2ccc(Br)cc2)o1. The summed E-state index contributed by atoms with van der Waals surface area (Å²) in [6.45, 7) is 0. The molecule has 0 fully saturated rings. The summed E-state index contributed by atoms with van der Waals surface area (Å²) < 4.78 is 45.2. The summed E-state index contributed by atoms with van der Waals surface area (Å²) in [6, 6.07) is 16.0. The van der Waals surface area contributed by atoms with Gasteiger partial charge in [-0.3, -0.25) is 4.79 Å². The number of benzene rings is 2. The number of hydrogen-bond acceptors (Lipinski definition) is 6. The summed E-state index contributed by atoms with van der Waals surface area (Å²) in [7, 11) is 0. The van der Waals surface area contributed by atoms with Crippen molar-refractivity contribution in [2.45, 2.75) is 12.6 Å². The predicted molar refractivity (Wildman–Crippen MR) is 128 cm³/mol. The van der Waals surface area contributed by atoms with Gasteiger partial charge in [-0.05, 0) is 42.5 Å². The molecule has 6 nitrogen and oxygen atoms in total. The molecule has 2 aromatic carbocycles. The molecule has 0 spiro atoms. The van der Waals surface area contributed by atoms with Gasteiger partial charge in [-0.1, -0.05) is 34.1 Å². The Morgan fingerprint density at radius 2 is 1.94 bits per heavy atom. The van der Waals surface area contributed by atoms with E-state index in [2.05, 4.69) is 36.8 Å². The lowest BCUT2D eigenvalue weighted by molar-refractivity contribution is -0.137. The average Bonchev–Trinajstić information content (AvgIpc) is 3.44. The Balaban J connectivity index is 1.30. The number of nitrogens with zero attached hydrogens (tertiary/aromatic N) is 2. The number of hydrazone groups is 1. The third-order valence-corrected chi connectivity index (χ3v) is 5.81. The molecule has 0 saturated carbocycles. The lowest BCUT2D eigenvalue weighted by Gasteiger charge is -2.08. The highest BCUT2D eigenvalue weighted by Gasteiger charge is 2.30. The van der Waals surface area contributed by atoms with Gasteiger partial charge in [0.05, 0.1) is 23.9 Å². The van der Waals surface area contributed by atoms with Crippen molar-refractivity contribution in [3.8, 4) is 11.3 Å². The van der Waals surface area contributed by atoms with Gasteiger partial charge in [-0.15, -0.1) is 11.3 Å². The van der Waals surface area contributed by atoms with E-state index in [1.54, 1.807) is 17.5 Å². The van der Waals surface area contributed by atoms with Gasteiger partial charge in [-0.25, -0.2) is 10.4 Å². The van der Waals surface area contributed by atoms with Gasteiger partial charge in [0.1, 0.15) is 11.5 Å². The number of carbonyl (C=O) groups is 1. The fourth-order valence-corrected chi connectivity index (χ4v) is 3.90. The Bertz CT molecular complexity index is 1320. The number of hydrogen-bond donors (Lipinski definition) is 2. The zero-order chi connectivity index (χ0) is 24.1. The molecule has 2 N–H and O–H groups in total. The fraction of sp³-hybridized carbons (Fsp3) is 0.0870. The van der Waals surface area contributed by atoms with E-state index in [0.29, 0.717) is 22.3 Å². The predicted octanol–water partition coefficient (Wildman–Crippen LogP) is 6.62. The summed E-state index contributed by atoms with van der Waals surface area (Å²) in [4.78, 5) is 16.4. The van der Waals surface area contributed by atoms with Gasteiger partial charge >= 0.3 is 6.18 Å². The first-order valence-corrected chi connectivity index (χ1v) is 11.5. The minimum Gasteiger partial charge on any atom is -0.455 e. The van der Waals surface area contributed by atoms with Gasteiger partial charge in [0.25, 0.3) is 0 Å². The number of aromatic nitrogens is 1. The van der Waals surface area contributed by atoms with E-state index in [1.165, 1.54) is 29.7 Å². The van der Waals surface area contributed by atoms with Crippen LogP contribution in [0.15, 0.2) is 80.0 Å². The van der Waals surface area contributed by atoms with E-state index < -0.39 is 17.6 Å². The molecular weight excluding hydrogens is 533 g/mol. The Morgan fingerprint density at radius 1 is 1.15 bits per heavy atom. The molecular formula is C23H16BrF3N4O2S. The molecule has 0 unspecified atom stereocenters. The van der Waals surface area contributed by atoms with Crippen LogP contribution in [0.5, 0.6) is 0 Å². The number of thiazole rings is 1. The second-order valence-corrected chi connectivity index (χ2v) is 8.80. The highest BCUT2D eigenvalue weighted by atomic mass is 79.9. The molecule has 2 heterocycles. The number of nitrogens with one attached hydrogen (secondary N) is 2. The third-order valence-electron chi connectivity index (χ3n) is 4.47. The van der Waals surface area contributed by atoms with Crippen LogP contribution in [0, 0.1) is 0 Å². The molecule has 34 heavy (non-hydrogen) atoms. The van der Waals surface area contributed by atoms with Crippen molar-refractivity contribution in [1.29, 1.82) is 0 Å². The zero-order valence-corrected chi connectivity index (χ0v) is 19.7. The summed E-state index contributed by atoms with van der Waals surface area (Å²) >= 11 is 4.57. The highest BCUT2D eigenvalue weighted by Crippen LogP contribution is 2.32. The van der Waals surface area contributed by atoms with Crippen LogP contribution in [-0.4, -0.2) is 17.1 Å². The van der Waals surface area contributed by atoms with E-state index in [9.17, 15) is 18.0 Å². The van der Waals surface area contributed by atoms with E-state index in [-0.39, 0.29) is 12.1 Å². The molecule has 1 amide bonds. The first kappa shape index (κ1) is 23.7. The molecule has 0 aliphatic rings. The molecule has 0 bridgehead atoms. The Labute approximate surface area is 204 Å². The van der Waals surface area contributed by atoms with Crippen LogP contribution in [-0.2, 0) is 17.4 Å². The first-order chi connectivity index (χ1) is 16.3.